The van der Waals surface area contributed by atoms with Crippen LogP contribution in [0.3, 0.4) is 0 Å². The van der Waals surface area contributed by atoms with Gasteiger partial charge in [0.1, 0.15) is 0 Å². The first-order chi connectivity index (χ1) is 7.16. The van der Waals surface area contributed by atoms with Crippen LogP contribution in [0.1, 0.15) is 18.7 Å². The number of thiazole rings is 1. The minimum atomic E-state index is -0.428. The fourth-order valence-electron chi connectivity index (χ4n) is 1.38. The van der Waals surface area contributed by atoms with Gasteiger partial charge in [-0.1, -0.05) is 0 Å². The number of hydrogen-bond donors (Lipinski definition) is 1. The molecule has 2 rings (SSSR count). The molecule has 15 heavy (non-hydrogen) atoms. The number of hydrogen-bond acceptors (Lipinski definition) is 5. The number of nitrogens with zero attached hydrogens (tertiary/aromatic N) is 1. The molecule has 1 saturated heterocycles. The van der Waals surface area contributed by atoms with Gasteiger partial charge in [0.05, 0.1) is 24.8 Å². The van der Waals surface area contributed by atoms with Crippen LogP contribution >= 0.6 is 11.3 Å². The molecule has 0 atom stereocenters. The molecule has 0 radical (unpaired) electrons. The highest BCUT2D eigenvalue weighted by atomic mass is 32.1. The van der Waals surface area contributed by atoms with E-state index in [9.17, 15) is 0 Å². The van der Waals surface area contributed by atoms with E-state index in [1.54, 1.807) is 11.3 Å². The van der Waals surface area contributed by atoms with E-state index in [1.807, 2.05) is 25.6 Å². The van der Waals surface area contributed by atoms with E-state index in [4.69, 9.17) is 9.47 Å². The molecule has 1 fully saturated rings. The van der Waals surface area contributed by atoms with E-state index >= 15 is 0 Å². The first kappa shape index (κ1) is 11.0. The van der Waals surface area contributed by atoms with Gasteiger partial charge in [0.2, 0.25) is 0 Å². The average Bonchev–Trinajstić information content (AvgIpc) is 2.69. The molecule has 1 aromatic rings. The number of nitrogens with one attached hydrogen (secondary N) is 1. The van der Waals surface area contributed by atoms with Crippen LogP contribution in [0, 0.1) is 0 Å². The molecular weight excluding hydrogens is 212 g/mol. The molecule has 1 aliphatic heterocycles. The quantitative estimate of drug-likeness (QED) is 0.849. The van der Waals surface area contributed by atoms with Gasteiger partial charge in [-0.3, -0.25) is 4.98 Å². The first-order valence-electron chi connectivity index (χ1n) is 5.04. The maximum atomic E-state index is 5.55. The predicted molar refractivity (Wildman–Crippen MR) is 58.7 cm³/mol. The van der Waals surface area contributed by atoms with Crippen molar-refractivity contribution < 1.29 is 9.47 Å². The summed E-state index contributed by atoms with van der Waals surface area (Å²) in [5.74, 6) is -0.428. The molecule has 0 aliphatic carbocycles. The molecule has 1 aromatic heterocycles. The van der Waals surface area contributed by atoms with E-state index < -0.39 is 5.79 Å². The SMILES string of the molecule is CC1(C)OCC(NCc2cncs2)CO1. The average molecular weight is 228 g/mol. The van der Waals surface area contributed by atoms with Gasteiger partial charge >= 0.3 is 0 Å². The van der Waals surface area contributed by atoms with Gasteiger partial charge < -0.3 is 14.8 Å². The Labute approximate surface area is 93.6 Å². The van der Waals surface area contributed by atoms with E-state index in [0.717, 1.165) is 6.54 Å². The van der Waals surface area contributed by atoms with Crippen LogP contribution in [0.2, 0.25) is 0 Å². The summed E-state index contributed by atoms with van der Waals surface area (Å²) >= 11 is 1.66. The lowest BCUT2D eigenvalue weighted by Crippen LogP contribution is -2.48. The molecule has 84 valence electrons. The second-order valence-electron chi connectivity index (χ2n) is 4.07. The summed E-state index contributed by atoms with van der Waals surface area (Å²) in [5, 5.41) is 3.38. The Bertz CT molecular complexity index is 290. The number of rotatable bonds is 3. The lowest BCUT2D eigenvalue weighted by atomic mass is 10.2. The van der Waals surface area contributed by atoms with Crippen LogP contribution in [0.25, 0.3) is 0 Å². The molecule has 2 heterocycles. The van der Waals surface area contributed by atoms with E-state index in [1.165, 1.54) is 4.88 Å². The van der Waals surface area contributed by atoms with Gasteiger partial charge in [0.15, 0.2) is 5.79 Å². The Morgan fingerprint density at radius 2 is 2.27 bits per heavy atom. The lowest BCUT2D eigenvalue weighted by molar-refractivity contribution is -0.253. The molecule has 0 aromatic carbocycles. The molecule has 1 aliphatic rings. The molecule has 1 N–H and O–H groups in total. The van der Waals surface area contributed by atoms with Crippen molar-refractivity contribution in [3.8, 4) is 0 Å². The van der Waals surface area contributed by atoms with Crippen LogP contribution in [-0.4, -0.2) is 30.0 Å². The smallest absolute Gasteiger partial charge is 0.162 e. The summed E-state index contributed by atoms with van der Waals surface area (Å²) < 4.78 is 11.1. The molecule has 4 nitrogen and oxygen atoms in total. The van der Waals surface area contributed by atoms with Crippen molar-refractivity contribution in [3.63, 3.8) is 0 Å². The second-order valence-corrected chi connectivity index (χ2v) is 5.04. The van der Waals surface area contributed by atoms with Gasteiger partial charge in [-0.15, -0.1) is 11.3 Å². The maximum Gasteiger partial charge on any atom is 0.162 e. The largest absolute Gasteiger partial charge is 0.349 e. The summed E-state index contributed by atoms with van der Waals surface area (Å²) in [4.78, 5) is 5.26. The second kappa shape index (κ2) is 4.57. The van der Waals surface area contributed by atoms with E-state index in [0.29, 0.717) is 13.2 Å². The molecule has 0 bridgehead atoms. The molecular formula is C10H16N2O2S. The number of aromatic nitrogens is 1. The summed E-state index contributed by atoms with van der Waals surface area (Å²) in [7, 11) is 0. The van der Waals surface area contributed by atoms with Crippen molar-refractivity contribution in [2.24, 2.45) is 0 Å². The topological polar surface area (TPSA) is 43.4 Å². The lowest BCUT2D eigenvalue weighted by Gasteiger charge is -2.35. The van der Waals surface area contributed by atoms with Crippen molar-refractivity contribution >= 4 is 11.3 Å². The Hall–Kier alpha value is -0.490. The number of ether oxygens (including phenoxy) is 2. The van der Waals surface area contributed by atoms with Crippen LogP contribution in [0.15, 0.2) is 11.7 Å². The van der Waals surface area contributed by atoms with Crippen molar-refractivity contribution in [2.75, 3.05) is 13.2 Å². The Kier molecular flexibility index (Phi) is 3.35. The third kappa shape index (κ3) is 3.24. The van der Waals surface area contributed by atoms with E-state index in [-0.39, 0.29) is 6.04 Å². The monoisotopic (exact) mass is 228 g/mol. The van der Waals surface area contributed by atoms with Gasteiger partial charge in [0.25, 0.3) is 0 Å². The molecule has 0 unspecified atom stereocenters. The predicted octanol–water partition coefficient (Wildman–Crippen LogP) is 1.38. The van der Waals surface area contributed by atoms with Gasteiger partial charge in [-0.25, -0.2) is 0 Å². The highest BCUT2D eigenvalue weighted by molar-refractivity contribution is 7.09. The zero-order valence-electron chi connectivity index (χ0n) is 9.03. The summed E-state index contributed by atoms with van der Waals surface area (Å²) in [6.07, 6.45) is 1.88. The molecule has 0 spiro atoms. The van der Waals surface area contributed by atoms with E-state index in [2.05, 4.69) is 10.3 Å². The van der Waals surface area contributed by atoms with Gasteiger partial charge in [-0.05, 0) is 13.8 Å². The van der Waals surface area contributed by atoms with Crippen LogP contribution in [0.4, 0.5) is 0 Å². The van der Waals surface area contributed by atoms with Crippen LogP contribution in [0.5, 0.6) is 0 Å². The fraction of sp³-hybridized carbons (Fsp3) is 0.700. The summed E-state index contributed by atoms with van der Waals surface area (Å²) in [6, 6.07) is 0.278. The van der Waals surface area contributed by atoms with Gasteiger partial charge in [0, 0.05) is 17.6 Å². The summed E-state index contributed by atoms with van der Waals surface area (Å²) in [6.45, 7) is 6.11. The zero-order chi connectivity index (χ0) is 10.7. The van der Waals surface area contributed by atoms with Crippen molar-refractivity contribution in [1.29, 1.82) is 0 Å². The standard InChI is InChI=1S/C10H16N2O2S/c1-10(2)13-5-8(6-14-10)12-4-9-3-11-7-15-9/h3,7-8,12H,4-6H2,1-2H3. The first-order valence-corrected chi connectivity index (χ1v) is 5.92. The third-order valence-electron chi connectivity index (χ3n) is 2.31. The minimum Gasteiger partial charge on any atom is -0.349 e. The fourth-order valence-corrected chi connectivity index (χ4v) is 1.93. The van der Waals surface area contributed by atoms with Gasteiger partial charge in [-0.2, -0.15) is 0 Å². The molecule has 0 amide bonds. The van der Waals surface area contributed by atoms with Crippen molar-refractivity contribution in [3.05, 3.63) is 16.6 Å². The highest BCUT2D eigenvalue weighted by Gasteiger charge is 2.27. The molecule has 5 heteroatoms. The third-order valence-corrected chi connectivity index (χ3v) is 3.09. The van der Waals surface area contributed by atoms with Crippen molar-refractivity contribution in [2.45, 2.75) is 32.2 Å². The Balaban J connectivity index is 1.73. The highest BCUT2D eigenvalue weighted by Crippen LogP contribution is 2.17. The van der Waals surface area contributed by atoms with Crippen LogP contribution in [-0.2, 0) is 16.0 Å². The van der Waals surface area contributed by atoms with Crippen molar-refractivity contribution in [1.82, 2.24) is 10.3 Å². The summed E-state index contributed by atoms with van der Waals surface area (Å²) in [5.41, 5.74) is 1.84. The normalized spacial score (nSPS) is 21.7. The maximum absolute atomic E-state index is 5.55. The molecule has 0 saturated carbocycles. The Morgan fingerprint density at radius 3 is 2.87 bits per heavy atom. The minimum absolute atomic E-state index is 0.278. The van der Waals surface area contributed by atoms with Crippen LogP contribution < -0.4 is 5.32 Å². The Morgan fingerprint density at radius 1 is 1.53 bits per heavy atom. The zero-order valence-corrected chi connectivity index (χ0v) is 9.84.